The average molecular weight is 370 g/mol. The van der Waals surface area contributed by atoms with Crippen LogP contribution in [0.5, 0.6) is 0 Å². The van der Waals surface area contributed by atoms with E-state index >= 15 is 0 Å². The summed E-state index contributed by atoms with van der Waals surface area (Å²) in [6, 6.07) is 17.1. The van der Waals surface area contributed by atoms with Gasteiger partial charge in [0.25, 0.3) is 0 Å². The number of H-pyrrole nitrogens is 1. The molecule has 0 bridgehead atoms. The molecule has 0 amide bonds. The summed E-state index contributed by atoms with van der Waals surface area (Å²) in [6.45, 7) is 1.91. The van der Waals surface area contributed by atoms with Crippen LogP contribution in [0.4, 0.5) is 11.6 Å². The van der Waals surface area contributed by atoms with Crippen molar-refractivity contribution in [3.05, 3.63) is 67.3 Å². The van der Waals surface area contributed by atoms with Crippen molar-refractivity contribution in [2.45, 2.75) is 12.5 Å². The Balaban J connectivity index is 1.32. The molecule has 1 atom stereocenters. The second-order valence-electron chi connectivity index (χ2n) is 7.21. The van der Waals surface area contributed by atoms with Crippen LogP contribution in [0, 0.1) is 0 Å². The number of rotatable bonds is 4. The van der Waals surface area contributed by atoms with E-state index in [9.17, 15) is 0 Å². The monoisotopic (exact) mass is 370 g/mol. The second kappa shape index (κ2) is 6.96. The van der Waals surface area contributed by atoms with Gasteiger partial charge in [0.15, 0.2) is 0 Å². The minimum Gasteiger partial charge on any atom is -0.355 e. The molecule has 1 aromatic carbocycles. The molecule has 5 rings (SSSR count). The molecule has 6 nitrogen and oxygen atoms in total. The third-order valence-electron chi connectivity index (χ3n) is 5.56. The first kappa shape index (κ1) is 16.7. The maximum absolute atomic E-state index is 4.72. The highest BCUT2D eigenvalue weighted by molar-refractivity contribution is 5.87. The van der Waals surface area contributed by atoms with Gasteiger partial charge in [-0.1, -0.05) is 30.3 Å². The Kier molecular flexibility index (Phi) is 4.16. The van der Waals surface area contributed by atoms with Crippen molar-refractivity contribution in [3.8, 4) is 11.1 Å². The number of fused-ring (bicyclic) bond motifs is 1. The summed E-state index contributed by atoms with van der Waals surface area (Å²) in [5, 5.41) is 1.08. The van der Waals surface area contributed by atoms with E-state index < -0.39 is 0 Å². The number of hydrogen-bond donors (Lipinski definition) is 1. The maximum atomic E-state index is 4.72. The number of anilines is 2. The van der Waals surface area contributed by atoms with Crippen LogP contribution in [0.15, 0.2) is 67.3 Å². The quantitative estimate of drug-likeness (QED) is 0.593. The molecule has 4 aromatic rings. The predicted molar refractivity (Wildman–Crippen MR) is 113 cm³/mol. The Labute approximate surface area is 163 Å². The Morgan fingerprint density at radius 3 is 2.71 bits per heavy atom. The van der Waals surface area contributed by atoms with Crippen molar-refractivity contribution in [1.82, 2.24) is 19.9 Å². The zero-order valence-corrected chi connectivity index (χ0v) is 15.8. The van der Waals surface area contributed by atoms with Gasteiger partial charge in [-0.15, -0.1) is 0 Å². The molecule has 6 heteroatoms. The molecule has 3 aromatic heterocycles. The number of nitrogens with zero attached hydrogens (tertiary/aromatic N) is 5. The summed E-state index contributed by atoms with van der Waals surface area (Å²) >= 11 is 0. The van der Waals surface area contributed by atoms with Crippen LogP contribution < -0.4 is 9.80 Å². The normalized spacial score (nSPS) is 16.6. The zero-order valence-electron chi connectivity index (χ0n) is 15.8. The van der Waals surface area contributed by atoms with E-state index in [1.54, 1.807) is 6.33 Å². The number of nitrogens with one attached hydrogen (secondary N) is 1. The van der Waals surface area contributed by atoms with Crippen LogP contribution in [0.2, 0.25) is 0 Å². The first-order valence-electron chi connectivity index (χ1n) is 9.57. The summed E-state index contributed by atoms with van der Waals surface area (Å²) in [7, 11) is 2.13. The van der Waals surface area contributed by atoms with Crippen molar-refractivity contribution in [2.75, 3.05) is 29.9 Å². The van der Waals surface area contributed by atoms with E-state index in [1.807, 2.05) is 24.5 Å². The number of benzene rings is 1. The summed E-state index contributed by atoms with van der Waals surface area (Å²) in [5.41, 5.74) is 3.22. The maximum Gasteiger partial charge on any atom is 0.142 e. The predicted octanol–water partition coefficient (Wildman–Crippen LogP) is 3.74. The van der Waals surface area contributed by atoms with Crippen molar-refractivity contribution in [1.29, 1.82) is 0 Å². The Hall–Kier alpha value is -3.41. The Morgan fingerprint density at radius 2 is 1.89 bits per heavy atom. The molecule has 1 fully saturated rings. The molecule has 0 aliphatic carbocycles. The molecular formula is C22H22N6. The number of likely N-dealkylation sites (N-methyl/N-ethyl adjacent to an activating group) is 1. The highest BCUT2D eigenvalue weighted by atomic mass is 15.3. The molecule has 0 spiro atoms. The molecule has 1 aliphatic rings. The highest BCUT2D eigenvalue weighted by Gasteiger charge is 2.28. The van der Waals surface area contributed by atoms with Gasteiger partial charge in [-0.2, -0.15) is 0 Å². The van der Waals surface area contributed by atoms with Crippen LogP contribution in [0.1, 0.15) is 6.42 Å². The van der Waals surface area contributed by atoms with Crippen molar-refractivity contribution >= 4 is 22.7 Å². The molecule has 4 heterocycles. The van der Waals surface area contributed by atoms with Gasteiger partial charge in [-0.05, 0) is 30.2 Å². The molecule has 0 radical (unpaired) electrons. The van der Waals surface area contributed by atoms with Gasteiger partial charge in [0.2, 0.25) is 0 Å². The van der Waals surface area contributed by atoms with Gasteiger partial charge in [0.1, 0.15) is 23.6 Å². The van der Waals surface area contributed by atoms with Gasteiger partial charge < -0.3 is 14.8 Å². The number of aromatic amines is 1. The number of aromatic nitrogens is 4. The minimum atomic E-state index is 0.402. The molecule has 0 unspecified atom stereocenters. The summed E-state index contributed by atoms with van der Waals surface area (Å²) in [6.07, 6.45) is 6.59. The van der Waals surface area contributed by atoms with E-state index in [-0.39, 0.29) is 0 Å². The lowest BCUT2D eigenvalue weighted by atomic mass is 10.1. The summed E-state index contributed by atoms with van der Waals surface area (Å²) < 4.78 is 0. The van der Waals surface area contributed by atoms with Crippen LogP contribution >= 0.6 is 0 Å². The van der Waals surface area contributed by atoms with Crippen LogP contribution in [0.3, 0.4) is 0 Å². The van der Waals surface area contributed by atoms with Gasteiger partial charge in [-0.25, -0.2) is 15.0 Å². The lowest BCUT2D eigenvalue weighted by Gasteiger charge is -2.26. The largest absolute Gasteiger partial charge is 0.355 e. The topological polar surface area (TPSA) is 60.9 Å². The Bertz CT molecular complexity index is 1070. The van der Waals surface area contributed by atoms with Crippen molar-refractivity contribution < 1.29 is 0 Å². The first-order chi connectivity index (χ1) is 13.8. The smallest absolute Gasteiger partial charge is 0.142 e. The lowest BCUT2D eigenvalue weighted by Crippen LogP contribution is -2.35. The highest BCUT2D eigenvalue weighted by Crippen LogP contribution is 2.28. The fraction of sp³-hybridized carbons (Fsp3) is 0.227. The van der Waals surface area contributed by atoms with E-state index in [0.717, 1.165) is 47.7 Å². The minimum absolute atomic E-state index is 0.402. The van der Waals surface area contributed by atoms with E-state index in [1.165, 1.54) is 5.56 Å². The molecular weight excluding hydrogens is 348 g/mol. The molecule has 1 saturated heterocycles. The molecule has 1 N–H and O–H groups in total. The second-order valence-corrected chi connectivity index (χ2v) is 7.21. The van der Waals surface area contributed by atoms with Gasteiger partial charge in [0.05, 0.1) is 5.39 Å². The fourth-order valence-electron chi connectivity index (χ4n) is 3.94. The number of pyridine rings is 1. The van der Waals surface area contributed by atoms with Crippen molar-refractivity contribution in [2.24, 2.45) is 0 Å². The molecule has 140 valence electrons. The van der Waals surface area contributed by atoms with Crippen LogP contribution in [-0.2, 0) is 0 Å². The van der Waals surface area contributed by atoms with Crippen LogP contribution in [0.25, 0.3) is 22.2 Å². The number of hydrogen-bond acceptors (Lipinski definition) is 5. The van der Waals surface area contributed by atoms with Gasteiger partial charge >= 0.3 is 0 Å². The molecule has 28 heavy (non-hydrogen) atoms. The fourth-order valence-corrected chi connectivity index (χ4v) is 3.94. The van der Waals surface area contributed by atoms with E-state index in [2.05, 4.69) is 68.2 Å². The summed E-state index contributed by atoms with van der Waals surface area (Å²) in [5.74, 6) is 2.01. The zero-order chi connectivity index (χ0) is 18.9. The lowest BCUT2D eigenvalue weighted by molar-refractivity contribution is 0.684. The average Bonchev–Trinajstić information content (AvgIpc) is 3.43. The first-order valence-corrected chi connectivity index (χ1v) is 9.57. The third-order valence-corrected chi connectivity index (χ3v) is 5.56. The van der Waals surface area contributed by atoms with Crippen molar-refractivity contribution in [3.63, 3.8) is 0 Å². The van der Waals surface area contributed by atoms with E-state index in [4.69, 9.17) is 4.98 Å². The third kappa shape index (κ3) is 2.97. The SMILES string of the molecule is CN(c1ccc(-c2ccccc2)cn1)[C@@H]1CCN(c2ncnc3[nH]ccc23)C1. The van der Waals surface area contributed by atoms with E-state index in [0.29, 0.717) is 6.04 Å². The van der Waals surface area contributed by atoms with Gasteiger partial charge in [0, 0.05) is 44.1 Å². The molecule has 0 saturated carbocycles. The van der Waals surface area contributed by atoms with Gasteiger partial charge in [-0.3, -0.25) is 0 Å². The summed E-state index contributed by atoms with van der Waals surface area (Å²) in [4.78, 5) is 21.3. The molecule has 1 aliphatic heterocycles. The Morgan fingerprint density at radius 1 is 1.00 bits per heavy atom. The standard InChI is InChI=1S/C22H22N6/c1-27(20-8-7-17(13-24-20)16-5-3-2-4-6-16)18-10-12-28(14-18)22-19-9-11-23-21(19)25-15-26-22/h2-9,11,13,15,18H,10,12,14H2,1H3,(H,23,25,26)/t18-/m1/s1. The van der Waals surface area contributed by atoms with Crippen LogP contribution in [-0.4, -0.2) is 46.1 Å².